The first kappa shape index (κ1) is 14.9. The minimum Gasteiger partial charge on any atom is -0.338 e. The summed E-state index contributed by atoms with van der Waals surface area (Å²) in [6, 6.07) is 7.50. The predicted molar refractivity (Wildman–Crippen MR) is 84.5 cm³/mol. The highest BCUT2D eigenvalue weighted by molar-refractivity contribution is 8.38. The number of carbonyl (C=O) groups is 2. The minimum atomic E-state index is -0.457. The molecule has 0 spiro atoms. The van der Waals surface area contributed by atoms with E-state index in [1.807, 2.05) is 18.2 Å². The molecule has 1 aromatic rings. The van der Waals surface area contributed by atoms with Crippen LogP contribution in [-0.4, -0.2) is 28.6 Å². The third-order valence-electron chi connectivity index (χ3n) is 2.47. The normalized spacial score (nSPS) is 13.2. The largest absolute Gasteiger partial charge is 0.338 e. The maximum atomic E-state index is 11.6. The number of fused-ring (bicyclic) bond motifs is 1. The molecule has 0 radical (unpaired) electrons. The number of thioether (sulfide) groups is 2. The molecule has 0 unspecified atom stereocenters. The second-order valence-corrected chi connectivity index (χ2v) is 6.18. The summed E-state index contributed by atoms with van der Waals surface area (Å²) in [6.07, 6.45) is 0. The molecule has 0 saturated heterocycles. The second kappa shape index (κ2) is 7.35. The van der Waals surface area contributed by atoms with Crippen LogP contribution in [0.5, 0.6) is 0 Å². The lowest BCUT2D eigenvalue weighted by Crippen LogP contribution is -2.40. The third-order valence-corrected chi connectivity index (χ3v) is 4.72. The first-order valence-corrected chi connectivity index (χ1v) is 8.16. The van der Waals surface area contributed by atoms with Crippen molar-refractivity contribution in [3.05, 3.63) is 29.8 Å². The van der Waals surface area contributed by atoms with Crippen molar-refractivity contribution in [2.24, 2.45) is 4.99 Å². The average molecular weight is 309 g/mol. The summed E-state index contributed by atoms with van der Waals surface area (Å²) in [7, 11) is 0. The Labute approximate surface area is 126 Å². The average Bonchev–Trinajstić information content (AvgIpc) is 2.45. The summed E-state index contributed by atoms with van der Waals surface area (Å²) in [5, 5.41) is 4.78. The zero-order valence-electron chi connectivity index (χ0n) is 11.0. The summed E-state index contributed by atoms with van der Waals surface area (Å²) in [5.41, 5.74) is 2.16. The van der Waals surface area contributed by atoms with Gasteiger partial charge >= 0.3 is 6.03 Å². The Morgan fingerprint density at radius 3 is 3.00 bits per heavy atom. The lowest BCUT2D eigenvalue weighted by atomic mass is 10.2. The van der Waals surface area contributed by atoms with Gasteiger partial charge in [0.05, 0.1) is 11.4 Å². The first-order chi connectivity index (χ1) is 9.69. The van der Waals surface area contributed by atoms with Crippen molar-refractivity contribution in [1.29, 1.82) is 0 Å². The van der Waals surface area contributed by atoms with Crippen LogP contribution in [-0.2, 0) is 10.5 Å². The van der Waals surface area contributed by atoms with E-state index >= 15 is 0 Å². The molecule has 7 heteroatoms. The van der Waals surface area contributed by atoms with Gasteiger partial charge in [0.2, 0.25) is 5.91 Å². The maximum Gasteiger partial charge on any atom is 0.321 e. The molecule has 5 nitrogen and oxygen atoms in total. The molecular formula is C13H15N3O2S2. The van der Waals surface area contributed by atoms with Gasteiger partial charge in [-0.1, -0.05) is 41.7 Å². The zero-order chi connectivity index (χ0) is 14.4. The van der Waals surface area contributed by atoms with Crippen molar-refractivity contribution in [2.75, 3.05) is 12.3 Å². The second-order valence-electron chi connectivity index (χ2n) is 3.99. The lowest BCUT2D eigenvalue weighted by Gasteiger charge is -2.13. The number of hydrogen-bond acceptors (Lipinski definition) is 5. The van der Waals surface area contributed by atoms with Crippen molar-refractivity contribution < 1.29 is 9.59 Å². The molecule has 1 aromatic carbocycles. The fraction of sp³-hybridized carbons (Fsp3) is 0.308. The Kier molecular flexibility index (Phi) is 5.49. The smallest absolute Gasteiger partial charge is 0.321 e. The highest BCUT2D eigenvalue weighted by Gasteiger charge is 2.14. The van der Waals surface area contributed by atoms with Crippen LogP contribution in [0.4, 0.5) is 10.5 Å². The Balaban J connectivity index is 1.85. The van der Waals surface area contributed by atoms with E-state index in [0.717, 1.165) is 15.8 Å². The van der Waals surface area contributed by atoms with E-state index in [1.165, 1.54) is 17.3 Å². The Bertz CT molecular complexity index is 546. The Morgan fingerprint density at radius 2 is 2.20 bits per heavy atom. The van der Waals surface area contributed by atoms with Gasteiger partial charge in [0.1, 0.15) is 4.38 Å². The topological polar surface area (TPSA) is 70.6 Å². The summed E-state index contributed by atoms with van der Waals surface area (Å²) >= 11 is 2.96. The SMILES string of the molecule is CCNC(=O)NC(=O)CSC1=Nc2ccccc2CS1. The number of carbonyl (C=O) groups excluding carboxylic acids is 2. The van der Waals surface area contributed by atoms with Gasteiger partial charge in [-0.2, -0.15) is 0 Å². The molecule has 1 aliphatic heterocycles. The summed E-state index contributed by atoms with van der Waals surface area (Å²) in [5.74, 6) is 0.730. The standard InChI is InChI=1S/C13H15N3O2S2/c1-2-14-12(18)16-11(17)8-20-13-15-10-6-4-3-5-9(10)7-19-13/h3-6H,2,7-8H2,1H3,(H2,14,16,17,18). The molecule has 2 rings (SSSR count). The Hall–Kier alpha value is -1.47. The third kappa shape index (κ3) is 4.28. The van der Waals surface area contributed by atoms with Gasteiger partial charge in [0, 0.05) is 12.3 Å². The number of nitrogens with one attached hydrogen (secondary N) is 2. The fourth-order valence-corrected chi connectivity index (χ4v) is 3.44. The lowest BCUT2D eigenvalue weighted by molar-refractivity contribution is -0.117. The fourth-order valence-electron chi connectivity index (χ4n) is 1.58. The molecule has 0 saturated carbocycles. The van der Waals surface area contributed by atoms with E-state index < -0.39 is 6.03 Å². The molecule has 106 valence electrons. The highest BCUT2D eigenvalue weighted by Crippen LogP contribution is 2.34. The highest BCUT2D eigenvalue weighted by atomic mass is 32.2. The van der Waals surface area contributed by atoms with Crippen molar-refractivity contribution in [1.82, 2.24) is 10.6 Å². The first-order valence-electron chi connectivity index (χ1n) is 6.19. The zero-order valence-corrected chi connectivity index (χ0v) is 12.6. The number of para-hydroxylation sites is 1. The summed E-state index contributed by atoms with van der Waals surface area (Å²) in [6.45, 7) is 2.29. The van der Waals surface area contributed by atoms with Crippen LogP contribution in [0.3, 0.4) is 0 Å². The molecule has 1 heterocycles. The number of amides is 3. The number of urea groups is 1. The van der Waals surface area contributed by atoms with Gasteiger partial charge in [-0.05, 0) is 18.6 Å². The van der Waals surface area contributed by atoms with Gasteiger partial charge in [-0.3, -0.25) is 10.1 Å². The molecule has 2 N–H and O–H groups in total. The minimum absolute atomic E-state index is 0.186. The van der Waals surface area contributed by atoms with E-state index in [4.69, 9.17) is 0 Å². The monoisotopic (exact) mass is 309 g/mol. The maximum absolute atomic E-state index is 11.6. The molecule has 0 atom stereocenters. The molecule has 0 aliphatic carbocycles. The van der Waals surface area contributed by atoms with Gasteiger partial charge in [0.25, 0.3) is 0 Å². The number of hydrogen-bond donors (Lipinski definition) is 2. The summed E-state index contributed by atoms with van der Waals surface area (Å²) in [4.78, 5) is 27.2. The van der Waals surface area contributed by atoms with E-state index in [0.29, 0.717) is 6.54 Å². The van der Waals surface area contributed by atoms with Gasteiger partial charge in [-0.25, -0.2) is 9.79 Å². The molecule has 0 bridgehead atoms. The van der Waals surface area contributed by atoms with E-state index in [1.54, 1.807) is 18.7 Å². The number of imide groups is 1. The number of rotatable bonds is 3. The number of nitrogens with zero attached hydrogens (tertiary/aromatic N) is 1. The van der Waals surface area contributed by atoms with Gasteiger partial charge < -0.3 is 5.32 Å². The van der Waals surface area contributed by atoms with Crippen LogP contribution in [0.2, 0.25) is 0 Å². The van der Waals surface area contributed by atoms with Gasteiger partial charge in [-0.15, -0.1) is 0 Å². The molecular weight excluding hydrogens is 294 g/mol. The van der Waals surface area contributed by atoms with Gasteiger partial charge in [0.15, 0.2) is 0 Å². The van der Waals surface area contributed by atoms with Crippen molar-refractivity contribution >= 4 is 45.5 Å². The summed E-state index contributed by atoms with van der Waals surface area (Å²) < 4.78 is 0.856. The van der Waals surface area contributed by atoms with E-state index in [-0.39, 0.29) is 11.7 Å². The van der Waals surface area contributed by atoms with Crippen molar-refractivity contribution in [2.45, 2.75) is 12.7 Å². The van der Waals surface area contributed by atoms with Crippen LogP contribution in [0.1, 0.15) is 12.5 Å². The van der Waals surface area contributed by atoms with Crippen LogP contribution in [0.25, 0.3) is 0 Å². The molecule has 1 aliphatic rings. The molecule has 3 amide bonds. The predicted octanol–water partition coefficient (Wildman–Crippen LogP) is 2.50. The van der Waals surface area contributed by atoms with Crippen LogP contribution in [0, 0.1) is 0 Å². The number of aliphatic imine (C=N–C) groups is 1. The van der Waals surface area contributed by atoms with Crippen molar-refractivity contribution in [3.8, 4) is 0 Å². The molecule has 0 fully saturated rings. The van der Waals surface area contributed by atoms with Crippen LogP contribution < -0.4 is 10.6 Å². The molecule has 20 heavy (non-hydrogen) atoms. The van der Waals surface area contributed by atoms with Crippen LogP contribution in [0.15, 0.2) is 29.3 Å². The molecule has 0 aromatic heterocycles. The van der Waals surface area contributed by atoms with E-state index in [2.05, 4.69) is 21.7 Å². The van der Waals surface area contributed by atoms with Crippen molar-refractivity contribution in [3.63, 3.8) is 0 Å². The van der Waals surface area contributed by atoms with E-state index in [9.17, 15) is 9.59 Å². The Morgan fingerprint density at radius 1 is 1.40 bits per heavy atom. The number of benzene rings is 1. The van der Waals surface area contributed by atoms with Crippen LogP contribution >= 0.6 is 23.5 Å². The quantitative estimate of drug-likeness (QED) is 0.900.